The number of rotatable bonds is 6. The maximum absolute atomic E-state index is 2.41. The van der Waals surface area contributed by atoms with Gasteiger partial charge in [-0.15, -0.1) is 0 Å². The summed E-state index contributed by atoms with van der Waals surface area (Å²) in [6.07, 6.45) is 0. The minimum absolute atomic E-state index is 0.0822. The normalized spacial score (nSPS) is 12.8. The van der Waals surface area contributed by atoms with Gasteiger partial charge in [-0.05, 0) is 115 Å². The molecular formula is C49H37N. The molecule has 8 aromatic rings. The lowest BCUT2D eigenvalue weighted by Crippen LogP contribution is -2.16. The van der Waals surface area contributed by atoms with Gasteiger partial charge >= 0.3 is 0 Å². The second-order valence-electron chi connectivity index (χ2n) is 13.8. The fourth-order valence-corrected chi connectivity index (χ4v) is 7.85. The first kappa shape index (κ1) is 29.9. The fourth-order valence-electron chi connectivity index (χ4n) is 7.85. The van der Waals surface area contributed by atoms with Crippen LogP contribution in [-0.2, 0) is 5.41 Å². The lowest BCUT2D eigenvalue weighted by molar-refractivity contribution is 0.660. The third kappa shape index (κ3) is 5.11. The molecule has 0 spiro atoms. The van der Waals surface area contributed by atoms with Gasteiger partial charge in [-0.3, -0.25) is 0 Å². The largest absolute Gasteiger partial charge is 0.310 e. The summed E-state index contributed by atoms with van der Waals surface area (Å²) in [7, 11) is 0. The van der Waals surface area contributed by atoms with E-state index in [4.69, 9.17) is 0 Å². The Labute approximate surface area is 294 Å². The van der Waals surface area contributed by atoms with Crippen LogP contribution in [0, 0.1) is 0 Å². The molecule has 0 saturated carbocycles. The van der Waals surface area contributed by atoms with E-state index in [1.165, 1.54) is 66.4 Å². The summed E-state index contributed by atoms with van der Waals surface area (Å²) in [5.74, 6) is 0. The average molecular weight is 640 g/mol. The molecule has 0 heterocycles. The van der Waals surface area contributed by atoms with E-state index in [0.29, 0.717) is 0 Å². The van der Waals surface area contributed by atoms with Crippen LogP contribution in [0.4, 0.5) is 17.1 Å². The molecule has 0 atom stereocenters. The zero-order valence-electron chi connectivity index (χ0n) is 28.3. The Hall–Kier alpha value is -6.18. The molecule has 0 fully saturated rings. The number of benzene rings is 8. The van der Waals surface area contributed by atoms with Crippen LogP contribution in [0.25, 0.3) is 55.3 Å². The van der Waals surface area contributed by atoms with Gasteiger partial charge in [0.05, 0.1) is 0 Å². The van der Waals surface area contributed by atoms with Crippen molar-refractivity contribution in [3.63, 3.8) is 0 Å². The molecule has 0 aromatic heterocycles. The molecule has 0 unspecified atom stereocenters. The maximum atomic E-state index is 2.41. The molecule has 0 saturated heterocycles. The van der Waals surface area contributed by atoms with Crippen LogP contribution < -0.4 is 4.90 Å². The highest BCUT2D eigenvalue weighted by Gasteiger charge is 2.35. The number of hydrogen-bond donors (Lipinski definition) is 0. The zero-order chi connectivity index (χ0) is 33.7. The Balaban J connectivity index is 1.15. The summed E-state index contributed by atoms with van der Waals surface area (Å²) in [5, 5.41) is 2.51. The lowest BCUT2D eigenvalue weighted by Gasteiger charge is -2.28. The van der Waals surface area contributed by atoms with Crippen molar-refractivity contribution in [1.82, 2.24) is 0 Å². The van der Waals surface area contributed by atoms with Gasteiger partial charge in [0.2, 0.25) is 0 Å². The molecule has 0 amide bonds. The fraction of sp³-hybridized carbons (Fsp3) is 0.0612. The Bertz CT molecular complexity index is 2470. The highest BCUT2D eigenvalue weighted by Crippen LogP contribution is 2.50. The monoisotopic (exact) mass is 639 g/mol. The first-order valence-electron chi connectivity index (χ1n) is 17.4. The lowest BCUT2D eigenvalue weighted by atomic mass is 9.82. The molecule has 0 N–H and O–H groups in total. The number of hydrogen-bond acceptors (Lipinski definition) is 1. The van der Waals surface area contributed by atoms with Crippen molar-refractivity contribution in [2.24, 2.45) is 0 Å². The topological polar surface area (TPSA) is 3.24 Å². The second-order valence-corrected chi connectivity index (χ2v) is 13.8. The second kappa shape index (κ2) is 12.1. The Morgan fingerprint density at radius 3 is 1.56 bits per heavy atom. The van der Waals surface area contributed by atoms with Crippen LogP contribution >= 0.6 is 0 Å². The van der Waals surface area contributed by atoms with E-state index in [0.717, 1.165) is 17.1 Å². The summed E-state index contributed by atoms with van der Waals surface area (Å²) in [6.45, 7) is 4.70. The van der Waals surface area contributed by atoms with Gasteiger partial charge in [-0.25, -0.2) is 0 Å². The molecule has 0 bridgehead atoms. The average Bonchev–Trinajstić information content (AvgIpc) is 3.41. The predicted octanol–water partition coefficient (Wildman–Crippen LogP) is 13.6. The van der Waals surface area contributed by atoms with Gasteiger partial charge in [0, 0.05) is 22.5 Å². The van der Waals surface area contributed by atoms with Gasteiger partial charge in [0.25, 0.3) is 0 Å². The van der Waals surface area contributed by atoms with Gasteiger partial charge in [-0.2, -0.15) is 0 Å². The van der Waals surface area contributed by atoms with Crippen LogP contribution in [0.2, 0.25) is 0 Å². The van der Waals surface area contributed by atoms with Gasteiger partial charge in [0.1, 0.15) is 0 Å². The van der Waals surface area contributed by atoms with Crippen molar-refractivity contribution in [3.8, 4) is 44.5 Å². The summed E-state index contributed by atoms with van der Waals surface area (Å²) in [5.41, 5.74) is 16.1. The number of anilines is 3. The van der Waals surface area contributed by atoms with Crippen molar-refractivity contribution in [3.05, 3.63) is 199 Å². The third-order valence-corrected chi connectivity index (χ3v) is 10.5. The molecular weight excluding hydrogens is 603 g/mol. The highest BCUT2D eigenvalue weighted by atomic mass is 15.1. The highest BCUT2D eigenvalue weighted by molar-refractivity contribution is 6.00. The van der Waals surface area contributed by atoms with Gasteiger partial charge in [-0.1, -0.05) is 153 Å². The quantitative estimate of drug-likeness (QED) is 0.175. The smallest absolute Gasteiger partial charge is 0.0465 e. The first-order valence-corrected chi connectivity index (χ1v) is 17.4. The van der Waals surface area contributed by atoms with Crippen molar-refractivity contribution in [1.29, 1.82) is 0 Å². The minimum atomic E-state index is -0.0822. The van der Waals surface area contributed by atoms with E-state index in [9.17, 15) is 0 Å². The van der Waals surface area contributed by atoms with Gasteiger partial charge in [0.15, 0.2) is 0 Å². The molecule has 1 aliphatic carbocycles. The van der Waals surface area contributed by atoms with E-state index in [1.807, 2.05) is 0 Å². The van der Waals surface area contributed by atoms with E-state index in [1.54, 1.807) is 0 Å². The molecule has 0 radical (unpaired) electrons. The molecule has 1 nitrogen and oxygen atoms in total. The summed E-state index contributed by atoms with van der Waals surface area (Å²) in [4.78, 5) is 2.40. The first-order chi connectivity index (χ1) is 24.5. The number of fused-ring (bicyclic) bond motifs is 4. The van der Waals surface area contributed by atoms with E-state index in [-0.39, 0.29) is 5.41 Å². The number of nitrogens with zero attached hydrogens (tertiary/aromatic N) is 1. The maximum Gasteiger partial charge on any atom is 0.0465 e. The van der Waals surface area contributed by atoms with Crippen molar-refractivity contribution >= 4 is 27.8 Å². The Kier molecular flexibility index (Phi) is 7.21. The summed E-state index contributed by atoms with van der Waals surface area (Å²) in [6, 6.07) is 68.6. The van der Waals surface area contributed by atoms with Crippen molar-refractivity contribution in [2.75, 3.05) is 4.90 Å². The zero-order valence-corrected chi connectivity index (χ0v) is 28.3. The Morgan fingerprint density at radius 1 is 0.340 bits per heavy atom. The molecule has 238 valence electrons. The third-order valence-electron chi connectivity index (χ3n) is 10.5. The van der Waals surface area contributed by atoms with Crippen LogP contribution in [-0.4, -0.2) is 0 Å². The minimum Gasteiger partial charge on any atom is -0.310 e. The molecule has 1 heteroatoms. The van der Waals surface area contributed by atoms with Crippen LogP contribution in [0.3, 0.4) is 0 Å². The van der Waals surface area contributed by atoms with E-state index < -0.39 is 0 Å². The van der Waals surface area contributed by atoms with Crippen LogP contribution in [0.5, 0.6) is 0 Å². The van der Waals surface area contributed by atoms with Crippen molar-refractivity contribution < 1.29 is 0 Å². The van der Waals surface area contributed by atoms with Crippen LogP contribution in [0.15, 0.2) is 188 Å². The van der Waals surface area contributed by atoms with Crippen molar-refractivity contribution in [2.45, 2.75) is 19.3 Å². The molecule has 9 rings (SSSR count). The van der Waals surface area contributed by atoms with Crippen LogP contribution in [0.1, 0.15) is 25.0 Å². The molecule has 1 aliphatic rings. The van der Waals surface area contributed by atoms with E-state index >= 15 is 0 Å². The standard InChI is InChI=1S/C49H37N/c1-49(2)47-20-12-11-19-44(47)45-30-29-42(33-48(45)49)50(40-25-21-35(22-26-40)34-13-5-3-6-14-34)41-27-23-36(24-28-41)39-31-38-17-9-10-18-43(38)46(32-39)37-15-7-4-8-16-37/h3-33H,1-2H3. The SMILES string of the molecule is CC1(C)c2ccccc2-c2ccc(N(c3ccc(-c4ccccc4)cc3)c3ccc(-c4cc(-c5ccccc5)c5ccccc5c4)cc3)cc21. The summed E-state index contributed by atoms with van der Waals surface area (Å²) >= 11 is 0. The predicted molar refractivity (Wildman–Crippen MR) is 213 cm³/mol. The molecule has 0 aliphatic heterocycles. The molecule has 50 heavy (non-hydrogen) atoms. The van der Waals surface area contributed by atoms with Gasteiger partial charge < -0.3 is 4.90 Å². The Morgan fingerprint density at radius 2 is 0.860 bits per heavy atom. The summed E-state index contributed by atoms with van der Waals surface area (Å²) < 4.78 is 0. The molecule has 8 aromatic carbocycles. The van der Waals surface area contributed by atoms with E-state index in [2.05, 4.69) is 207 Å².